The Kier molecular flexibility index (Phi) is 6.80. The maximum Gasteiger partial charge on any atom is 0.269 e. The van der Waals surface area contributed by atoms with Crippen molar-refractivity contribution in [1.29, 1.82) is 0 Å². The van der Waals surface area contributed by atoms with Gasteiger partial charge in [-0.1, -0.05) is 35.9 Å². The normalized spacial score (nSPS) is 11.5. The van der Waals surface area contributed by atoms with Crippen molar-refractivity contribution in [3.63, 3.8) is 0 Å². The minimum atomic E-state index is -4.04. The molecule has 204 valence electrons. The molecule has 0 bridgehead atoms. The number of fused-ring (bicyclic) bond motifs is 1. The molecule has 40 heavy (non-hydrogen) atoms. The summed E-state index contributed by atoms with van der Waals surface area (Å²) < 4.78 is 48.9. The van der Waals surface area contributed by atoms with Crippen molar-refractivity contribution >= 4 is 27.0 Å². The van der Waals surface area contributed by atoms with E-state index in [4.69, 9.17) is 4.74 Å². The number of para-hydroxylation sites is 1. The summed E-state index contributed by atoms with van der Waals surface area (Å²) in [5.74, 6) is -1.76. The van der Waals surface area contributed by atoms with Gasteiger partial charge < -0.3 is 14.7 Å². The lowest BCUT2D eigenvalue weighted by Crippen LogP contribution is -2.22. The summed E-state index contributed by atoms with van der Waals surface area (Å²) in [6.45, 7) is 1.87. The van der Waals surface area contributed by atoms with Crippen LogP contribution in [0.4, 0.5) is 4.39 Å². The molecule has 0 aliphatic rings. The van der Waals surface area contributed by atoms with Crippen molar-refractivity contribution in [2.45, 2.75) is 11.8 Å². The zero-order valence-electron chi connectivity index (χ0n) is 22.2. The quantitative estimate of drug-likeness (QED) is 0.296. The van der Waals surface area contributed by atoms with Gasteiger partial charge in [-0.05, 0) is 48.9 Å². The molecule has 1 amide bonds. The monoisotopic (exact) mass is 559 g/mol. The van der Waals surface area contributed by atoms with Crippen molar-refractivity contribution < 1.29 is 27.4 Å². The van der Waals surface area contributed by atoms with E-state index >= 15 is 0 Å². The van der Waals surface area contributed by atoms with E-state index in [1.54, 1.807) is 42.5 Å². The smallest absolute Gasteiger partial charge is 0.269 e. The number of ether oxygens (including phenoxy) is 1. The Morgan fingerprint density at radius 1 is 1.00 bits per heavy atom. The minimum Gasteiger partial charge on any atom is -0.504 e. The summed E-state index contributed by atoms with van der Waals surface area (Å²) in [5.41, 5.74) is 2.74. The van der Waals surface area contributed by atoms with Crippen molar-refractivity contribution in [2.75, 3.05) is 21.2 Å². The second-order valence-corrected chi connectivity index (χ2v) is 11.3. The Morgan fingerprint density at radius 3 is 2.38 bits per heavy atom. The highest BCUT2D eigenvalue weighted by atomic mass is 32.2. The Morgan fingerprint density at radius 2 is 1.70 bits per heavy atom. The third kappa shape index (κ3) is 4.56. The van der Waals surface area contributed by atoms with E-state index in [2.05, 4.69) is 4.98 Å². The number of aromatic hydroxyl groups is 1. The van der Waals surface area contributed by atoms with Gasteiger partial charge in [0, 0.05) is 48.6 Å². The fourth-order valence-corrected chi connectivity index (χ4v) is 5.82. The molecule has 8 nitrogen and oxygen atoms in total. The molecule has 1 N–H and O–H groups in total. The van der Waals surface area contributed by atoms with Gasteiger partial charge in [0.15, 0.2) is 17.2 Å². The maximum absolute atomic E-state index is 14.7. The summed E-state index contributed by atoms with van der Waals surface area (Å²) in [5, 5.41) is 10.7. The summed E-state index contributed by atoms with van der Waals surface area (Å²) in [7, 11) is 0.478. The molecule has 5 aromatic rings. The highest BCUT2D eigenvalue weighted by molar-refractivity contribution is 7.90. The first-order chi connectivity index (χ1) is 19.0. The molecule has 0 saturated heterocycles. The summed E-state index contributed by atoms with van der Waals surface area (Å²) in [6.07, 6.45) is 2.90. The Hall–Kier alpha value is -4.70. The Labute approximate surface area is 231 Å². The standard InChI is InChI=1S/C30H26FN3O5S/c1-18-9-11-21(12-10-18)40(37,38)34-17-25(22-7-5-6-8-27(22)39-4)23-14-20(16-32-29(23)34)19-13-24(30(36)33(2)3)28(35)26(31)15-19/h5-17,35H,1-4H3. The molecular weight excluding hydrogens is 533 g/mol. The van der Waals surface area contributed by atoms with Gasteiger partial charge in [0.25, 0.3) is 15.9 Å². The molecule has 0 unspecified atom stereocenters. The number of carbonyl (C=O) groups is 1. The third-order valence-corrected chi connectivity index (χ3v) is 8.28. The molecule has 0 aliphatic heterocycles. The molecule has 0 spiro atoms. The van der Waals surface area contributed by atoms with E-state index in [9.17, 15) is 22.7 Å². The molecular formula is C30H26FN3O5S. The van der Waals surface area contributed by atoms with Gasteiger partial charge in [0.2, 0.25) is 0 Å². The van der Waals surface area contributed by atoms with E-state index in [0.29, 0.717) is 27.8 Å². The maximum atomic E-state index is 14.7. The van der Waals surface area contributed by atoms with Crippen LogP contribution in [0.25, 0.3) is 33.3 Å². The SMILES string of the molecule is COc1ccccc1-c1cn(S(=O)(=O)c2ccc(C)cc2)c2ncc(-c3cc(F)c(O)c(C(=O)N(C)C)c3)cc12. The van der Waals surface area contributed by atoms with E-state index in [-0.39, 0.29) is 21.7 Å². The molecule has 2 aromatic heterocycles. The number of phenolic OH excluding ortho intramolecular Hbond substituents is 1. The van der Waals surface area contributed by atoms with Gasteiger partial charge >= 0.3 is 0 Å². The van der Waals surface area contributed by atoms with E-state index in [0.717, 1.165) is 15.6 Å². The number of aryl methyl sites for hydroxylation is 1. The molecule has 0 atom stereocenters. The van der Waals surface area contributed by atoms with Crippen LogP contribution in [0.15, 0.2) is 84.0 Å². The number of carbonyl (C=O) groups excluding carboxylic acids is 1. The molecule has 0 fully saturated rings. The van der Waals surface area contributed by atoms with E-state index < -0.39 is 27.5 Å². The van der Waals surface area contributed by atoms with Gasteiger partial charge in [-0.25, -0.2) is 21.8 Å². The molecule has 10 heteroatoms. The van der Waals surface area contributed by atoms with Gasteiger partial charge in [-0.3, -0.25) is 4.79 Å². The van der Waals surface area contributed by atoms with Crippen LogP contribution in [0.5, 0.6) is 11.5 Å². The van der Waals surface area contributed by atoms with E-state index in [1.165, 1.54) is 56.7 Å². The van der Waals surface area contributed by atoms with Crippen LogP contribution >= 0.6 is 0 Å². The third-order valence-electron chi connectivity index (χ3n) is 6.62. The van der Waals surface area contributed by atoms with Gasteiger partial charge in [0.1, 0.15) is 5.75 Å². The molecule has 0 saturated carbocycles. The summed E-state index contributed by atoms with van der Waals surface area (Å²) in [4.78, 5) is 18.4. The Bertz CT molecular complexity index is 1880. The number of aromatic nitrogens is 2. The van der Waals surface area contributed by atoms with Gasteiger partial charge in [-0.15, -0.1) is 0 Å². The van der Waals surface area contributed by atoms with Crippen LogP contribution < -0.4 is 4.74 Å². The second-order valence-electron chi connectivity index (χ2n) is 9.51. The number of amides is 1. The van der Waals surface area contributed by atoms with Crippen LogP contribution in [-0.2, 0) is 10.0 Å². The van der Waals surface area contributed by atoms with Crippen LogP contribution in [0.1, 0.15) is 15.9 Å². The summed E-state index contributed by atoms with van der Waals surface area (Å²) in [6, 6.07) is 17.9. The van der Waals surface area contributed by atoms with Gasteiger partial charge in [-0.2, -0.15) is 0 Å². The number of halogens is 1. The van der Waals surface area contributed by atoms with Crippen molar-refractivity contribution in [3.05, 3.63) is 96.1 Å². The lowest BCUT2D eigenvalue weighted by Gasteiger charge is -2.14. The second kappa shape index (κ2) is 10.1. The fourth-order valence-electron chi connectivity index (χ4n) is 4.50. The van der Waals surface area contributed by atoms with Crippen molar-refractivity contribution in [2.24, 2.45) is 0 Å². The number of nitrogens with zero attached hydrogens (tertiary/aromatic N) is 3. The van der Waals surface area contributed by atoms with Crippen molar-refractivity contribution in [1.82, 2.24) is 13.9 Å². The zero-order chi connectivity index (χ0) is 28.8. The highest BCUT2D eigenvalue weighted by Crippen LogP contribution is 2.39. The van der Waals surface area contributed by atoms with Gasteiger partial charge in [0.05, 0.1) is 17.6 Å². The predicted molar refractivity (Wildman–Crippen MR) is 151 cm³/mol. The number of pyridine rings is 1. The van der Waals surface area contributed by atoms with Crippen LogP contribution in [-0.4, -0.2) is 54.5 Å². The minimum absolute atomic E-state index is 0.0971. The number of hydrogen-bond acceptors (Lipinski definition) is 6. The number of hydrogen-bond donors (Lipinski definition) is 1. The van der Waals surface area contributed by atoms with Crippen LogP contribution in [0, 0.1) is 12.7 Å². The largest absolute Gasteiger partial charge is 0.504 e. The van der Waals surface area contributed by atoms with Crippen molar-refractivity contribution in [3.8, 4) is 33.8 Å². The number of rotatable bonds is 6. The lowest BCUT2D eigenvalue weighted by atomic mass is 9.99. The topological polar surface area (TPSA) is 102 Å². The number of benzene rings is 3. The fraction of sp³-hybridized carbons (Fsp3) is 0.133. The molecule has 0 aliphatic carbocycles. The van der Waals surface area contributed by atoms with Crippen LogP contribution in [0.3, 0.4) is 0 Å². The summed E-state index contributed by atoms with van der Waals surface area (Å²) >= 11 is 0. The molecule has 5 rings (SSSR count). The molecule has 3 aromatic carbocycles. The zero-order valence-corrected chi connectivity index (χ0v) is 23.0. The molecule has 2 heterocycles. The first kappa shape index (κ1) is 26.9. The highest BCUT2D eigenvalue weighted by Gasteiger charge is 2.25. The predicted octanol–water partition coefficient (Wildman–Crippen LogP) is 5.47. The number of methoxy groups -OCH3 is 1. The van der Waals surface area contributed by atoms with Crippen LogP contribution in [0.2, 0.25) is 0 Å². The lowest BCUT2D eigenvalue weighted by molar-refractivity contribution is 0.0823. The first-order valence-corrected chi connectivity index (χ1v) is 13.7. The average molecular weight is 560 g/mol. The Balaban J connectivity index is 1.78. The van der Waals surface area contributed by atoms with E-state index in [1.807, 2.05) is 6.92 Å². The average Bonchev–Trinajstić information content (AvgIpc) is 3.33. The first-order valence-electron chi connectivity index (χ1n) is 12.2. The number of phenols is 1. The molecule has 0 radical (unpaired) electrons.